The largest absolute Gasteiger partial charge is 0.308 e. The van der Waals surface area contributed by atoms with Gasteiger partial charge in [0.15, 0.2) is 4.34 Å². The highest BCUT2D eigenvalue weighted by molar-refractivity contribution is 8.01. The zero-order valence-electron chi connectivity index (χ0n) is 11.1. The molecule has 19 heavy (non-hydrogen) atoms. The van der Waals surface area contributed by atoms with Crippen LogP contribution < -0.4 is 5.32 Å². The van der Waals surface area contributed by atoms with Gasteiger partial charge in [0.1, 0.15) is 5.51 Å². The van der Waals surface area contributed by atoms with E-state index in [0.717, 1.165) is 20.8 Å². The number of halogens is 1. The average Bonchev–Trinajstić information content (AvgIpc) is 2.81. The summed E-state index contributed by atoms with van der Waals surface area (Å²) in [6.07, 6.45) is 0. The van der Waals surface area contributed by atoms with Gasteiger partial charge in [-0.15, -0.1) is 10.2 Å². The lowest BCUT2D eigenvalue weighted by atomic mass is 10.1. The van der Waals surface area contributed by atoms with Crippen LogP contribution in [-0.2, 0) is 6.54 Å². The molecule has 0 fully saturated rings. The third kappa shape index (κ3) is 4.76. The fourth-order valence-electron chi connectivity index (χ4n) is 1.45. The number of nitrogens with one attached hydrogen (secondary N) is 1. The highest BCUT2D eigenvalue weighted by Gasteiger charge is 2.12. The van der Waals surface area contributed by atoms with E-state index in [9.17, 15) is 0 Å². The van der Waals surface area contributed by atoms with Crippen molar-refractivity contribution >= 4 is 34.7 Å². The molecule has 102 valence electrons. The second kappa shape index (κ2) is 6.22. The number of rotatable bonds is 4. The molecule has 1 aromatic carbocycles. The minimum absolute atomic E-state index is 0.0764. The van der Waals surface area contributed by atoms with Gasteiger partial charge in [0.25, 0.3) is 0 Å². The van der Waals surface area contributed by atoms with Gasteiger partial charge in [-0.05, 0) is 44.5 Å². The molecule has 0 saturated carbocycles. The van der Waals surface area contributed by atoms with Crippen molar-refractivity contribution in [1.82, 2.24) is 15.5 Å². The van der Waals surface area contributed by atoms with E-state index >= 15 is 0 Å². The first-order chi connectivity index (χ1) is 8.94. The number of aromatic nitrogens is 2. The Balaban J connectivity index is 2.18. The van der Waals surface area contributed by atoms with E-state index < -0.39 is 0 Å². The van der Waals surface area contributed by atoms with Crippen molar-refractivity contribution in [3.63, 3.8) is 0 Å². The number of hydrogen-bond donors (Lipinski definition) is 1. The van der Waals surface area contributed by atoms with Gasteiger partial charge in [-0.1, -0.05) is 34.7 Å². The maximum atomic E-state index is 6.09. The molecule has 3 nitrogen and oxygen atoms in total. The second-order valence-electron chi connectivity index (χ2n) is 5.16. The van der Waals surface area contributed by atoms with Crippen molar-refractivity contribution in [2.24, 2.45) is 0 Å². The van der Waals surface area contributed by atoms with Crippen molar-refractivity contribution < 1.29 is 0 Å². The summed E-state index contributed by atoms with van der Waals surface area (Å²) in [6.45, 7) is 7.23. The fourth-order valence-corrected chi connectivity index (χ4v) is 3.19. The first-order valence-corrected chi connectivity index (χ1v) is 7.99. The predicted octanol–water partition coefficient (Wildman–Crippen LogP) is 4.23. The zero-order valence-corrected chi connectivity index (χ0v) is 13.5. The second-order valence-corrected chi connectivity index (χ2v) is 7.72. The van der Waals surface area contributed by atoms with Crippen LogP contribution in [0, 0.1) is 0 Å². The standard InChI is InChI=1S/C13H16ClN3S2/c1-13(2,3)15-7-9-6-10(14)4-5-11(9)19-12-17-16-8-18-12/h4-6,8,15H,7H2,1-3H3. The molecule has 0 atom stereocenters. The van der Waals surface area contributed by atoms with Crippen molar-refractivity contribution in [2.45, 2.75) is 42.1 Å². The summed E-state index contributed by atoms with van der Waals surface area (Å²) in [5, 5.41) is 12.2. The first kappa shape index (κ1) is 14.8. The number of benzene rings is 1. The number of nitrogens with zero attached hydrogens (tertiary/aromatic N) is 2. The Labute approximate surface area is 126 Å². The van der Waals surface area contributed by atoms with Crippen LogP contribution >= 0.6 is 34.7 Å². The summed E-state index contributed by atoms with van der Waals surface area (Å²) in [4.78, 5) is 1.16. The molecule has 0 amide bonds. The van der Waals surface area contributed by atoms with Gasteiger partial charge >= 0.3 is 0 Å². The molecule has 0 spiro atoms. The molecule has 0 aliphatic heterocycles. The zero-order chi connectivity index (χ0) is 13.9. The van der Waals surface area contributed by atoms with E-state index in [-0.39, 0.29) is 5.54 Å². The van der Waals surface area contributed by atoms with Crippen LogP contribution in [0.5, 0.6) is 0 Å². The fraction of sp³-hybridized carbons (Fsp3) is 0.385. The molecule has 2 aromatic rings. The molecule has 0 saturated heterocycles. The van der Waals surface area contributed by atoms with E-state index in [1.165, 1.54) is 5.56 Å². The Morgan fingerprint density at radius 3 is 2.79 bits per heavy atom. The van der Waals surface area contributed by atoms with E-state index in [0.29, 0.717) is 0 Å². The highest BCUT2D eigenvalue weighted by Crippen LogP contribution is 2.32. The SMILES string of the molecule is CC(C)(C)NCc1cc(Cl)ccc1Sc1nncs1. The summed E-state index contributed by atoms with van der Waals surface area (Å²) in [6, 6.07) is 5.95. The van der Waals surface area contributed by atoms with Crippen molar-refractivity contribution in [3.8, 4) is 0 Å². The maximum absolute atomic E-state index is 6.09. The van der Waals surface area contributed by atoms with Gasteiger partial charge < -0.3 is 5.32 Å². The lowest BCUT2D eigenvalue weighted by molar-refractivity contribution is 0.422. The van der Waals surface area contributed by atoms with Crippen LogP contribution in [0.4, 0.5) is 0 Å². The molecule has 2 rings (SSSR count). The molecule has 0 radical (unpaired) electrons. The van der Waals surface area contributed by atoms with Crippen LogP contribution in [0.15, 0.2) is 32.9 Å². The molecule has 0 unspecified atom stereocenters. The Morgan fingerprint density at radius 2 is 2.16 bits per heavy atom. The average molecular weight is 314 g/mol. The van der Waals surface area contributed by atoms with Crippen molar-refractivity contribution in [3.05, 3.63) is 34.3 Å². The van der Waals surface area contributed by atoms with Gasteiger partial charge in [-0.2, -0.15) is 0 Å². The molecule has 0 bridgehead atoms. The number of hydrogen-bond acceptors (Lipinski definition) is 5. The summed E-state index contributed by atoms with van der Waals surface area (Å²) in [7, 11) is 0. The van der Waals surface area contributed by atoms with Crippen LogP contribution in [0.1, 0.15) is 26.3 Å². The van der Waals surface area contributed by atoms with Crippen LogP contribution in [0.2, 0.25) is 5.02 Å². The Kier molecular flexibility index (Phi) is 4.84. The quantitative estimate of drug-likeness (QED) is 0.916. The molecular weight excluding hydrogens is 298 g/mol. The summed E-state index contributed by atoms with van der Waals surface area (Å²) in [5.41, 5.74) is 3.00. The molecule has 1 aromatic heterocycles. The Morgan fingerprint density at radius 1 is 1.37 bits per heavy atom. The molecule has 6 heteroatoms. The lowest BCUT2D eigenvalue weighted by Crippen LogP contribution is -2.35. The van der Waals surface area contributed by atoms with Crippen molar-refractivity contribution in [2.75, 3.05) is 0 Å². The third-order valence-electron chi connectivity index (χ3n) is 2.37. The Hall–Kier alpha value is -0.620. The summed E-state index contributed by atoms with van der Waals surface area (Å²) >= 11 is 9.25. The van der Waals surface area contributed by atoms with Gasteiger partial charge in [0.05, 0.1) is 0 Å². The van der Waals surface area contributed by atoms with Gasteiger partial charge in [0.2, 0.25) is 0 Å². The smallest absolute Gasteiger partial charge is 0.178 e. The molecule has 0 aliphatic rings. The first-order valence-electron chi connectivity index (χ1n) is 5.91. The Bertz CT molecular complexity index is 535. The normalized spacial score (nSPS) is 11.8. The summed E-state index contributed by atoms with van der Waals surface area (Å²) in [5.74, 6) is 0. The van der Waals surface area contributed by atoms with Crippen LogP contribution in [-0.4, -0.2) is 15.7 Å². The minimum atomic E-state index is 0.0764. The molecule has 1 N–H and O–H groups in total. The van der Waals surface area contributed by atoms with E-state index in [4.69, 9.17) is 11.6 Å². The predicted molar refractivity (Wildman–Crippen MR) is 82.1 cm³/mol. The van der Waals surface area contributed by atoms with E-state index in [2.05, 4.69) is 36.3 Å². The summed E-state index contributed by atoms with van der Waals surface area (Å²) < 4.78 is 0.944. The monoisotopic (exact) mass is 313 g/mol. The van der Waals surface area contributed by atoms with E-state index in [1.807, 2.05) is 18.2 Å². The molecule has 0 aliphatic carbocycles. The van der Waals surface area contributed by atoms with E-state index in [1.54, 1.807) is 28.6 Å². The van der Waals surface area contributed by atoms with Gasteiger partial charge in [-0.25, -0.2) is 0 Å². The van der Waals surface area contributed by atoms with Crippen LogP contribution in [0.3, 0.4) is 0 Å². The minimum Gasteiger partial charge on any atom is -0.308 e. The van der Waals surface area contributed by atoms with Gasteiger partial charge in [0, 0.05) is 22.0 Å². The van der Waals surface area contributed by atoms with Crippen LogP contribution in [0.25, 0.3) is 0 Å². The van der Waals surface area contributed by atoms with Crippen molar-refractivity contribution in [1.29, 1.82) is 0 Å². The third-order valence-corrected chi connectivity index (χ3v) is 4.50. The topological polar surface area (TPSA) is 37.8 Å². The molecular formula is C13H16ClN3S2. The lowest BCUT2D eigenvalue weighted by Gasteiger charge is -2.21. The molecule has 1 heterocycles. The highest BCUT2D eigenvalue weighted by atomic mass is 35.5. The maximum Gasteiger partial charge on any atom is 0.178 e. The van der Waals surface area contributed by atoms with Gasteiger partial charge in [-0.3, -0.25) is 0 Å².